The number of benzene rings is 2. The molecule has 4 rings (SSSR count). The molecule has 0 N–H and O–H groups in total. The molecule has 9 heteroatoms. The highest BCUT2D eigenvalue weighted by Crippen LogP contribution is 2.37. The van der Waals surface area contributed by atoms with Gasteiger partial charge in [-0.1, -0.05) is 41.1 Å². The number of hydrogen-bond donors (Lipinski definition) is 0. The number of rotatable bonds is 5. The van der Waals surface area contributed by atoms with Crippen molar-refractivity contribution in [1.82, 2.24) is 9.88 Å². The largest absolute Gasteiger partial charge is 0.308 e. The maximum Gasteiger partial charge on any atom is 0.271 e. The molecule has 1 amide bonds. The number of thiazole rings is 1. The van der Waals surface area contributed by atoms with Crippen molar-refractivity contribution in [2.75, 3.05) is 32.1 Å². The Kier molecular flexibility index (Phi) is 6.76. The number of anilines is 1. The van der Waals surface area contributed by atoms with Gasteiger partial charge in [-0.3, -0.25) is 9.69 Å². The molecule has 152 valence electrons. The summed E-state index contributed by atoms with van der Waals surface area (Å²) < 4.78 is 15.2. The average Bonchev–Trinajstić information content (AvgIpc) is 3.22. The first-order valence-electron chi connectivity index (χ1n) is 8.64. The molecular formula is C20H18Cl2FN3OS2. The van der Waals surface area contributed by atoms with Crippen molar-refractivity contribution in [2.45, 2.75) is 0 Å². The van der Waals surface area contributed by atoms with Crippen LogP contribution in [0.2, 0.25) is 5.02 Å². The van der Waals surface area contributed by atoms with Gasteiger partial charge < -0.3 is 4.90 Å². The molecule has 0 aliphatic rings. The number of halogens is 3. The zero-order valence-corrected chi connectivity index (χ0v) is 18.9. The zero-order chi connectivity index (χ0) is 19.8. The van der Waals surface area contributed by atoms with Gasteiger partial charge in [0.25, 0.3) is 5.91 Å². The number of fused-ring (bicyclic) bond motifs is 2. The van der Waals surface area contributed by atoms with E-state index in [0.29, 0.717) is 38.3 Å². The molecule has 0 bridgehead atoms. The van der Waals surface area contributed by atoms with Crippen LogP contribution in [0.3, 0.4) is 0 Å². The van der Waals surface area contributed by atoms with Crippen LogP contribution in [-0.2, 0) is 0 Å². The van der Waals surface area contributed by atoms with Crippen LogP contribution in [0.5, 0.6) is 0 Å². The van der Waals surface area contributed by atoms with Crippen molar-refractivity contribution < 1.29 is 9.18 Å². The minimum atomic E-state index is -0.318. The Morgan fingerprint density at radius 2 is 1.86 bits per heavy atom. The predicted octanol–water partition coefficient (Wildman–Crippen LogP) is 5.93. The number of hydrogen-bond acceptors (Lipinski definition) is 5. The van der Waals surface area contributed by atoms with Gasteiger partial charge in [0.1, 0.15) is 10.7 Å². The van der Waals surface area contributed by atoms with E-state index in [0.717, 1.165) is 10.1 Å². The van der Waals surface area contributed by atoms with E-state index in [1.807, 2.05) is 43.3 Å². The highest BCUT2D eigenvalue weighted by Gasteiger charge is 2.26. The van der Waals surface area contributed by atoms with Gasteiger partial charge in [0.2, 0.25) is 0 Å². The van der Waals surface area contributed by atoms with Gasteiger partial charge in [-0.2, -0.15) is 0 Å². The minimum absolute atomic E-state index is 0. The number of amides is 1. The normalized spacial score (nSPS) is 11.2. The highest BCUT2D eigenvalue weighted by molar-refractivity contribution is 7.23. The standard InChI is InChI=1S/C20H17ClFN3OS2.ClH/c1-24(2)9-10-25(20-23-14-8-7-12(22)11-16(14)28-20)19(26)18-17(21)13-5-3-4-6-15(13)27-18;/h3-8,11H,9-10H2,1-2H3;1H. The molecular weight excluding hydrogens is 452 g/mol. The van der Waals surface area contributed by atoms with E-state index in [9.17, 15) is 9.18 Å². The Hall–Kier alpha value is -1.77. The summed E-state index contributed by atoms with van der Waals surface area (Å²) in [6, 6.07) is 12.1. The van der Waals surface area contributed by atoms with Crippen LogP contribution in [0.25, 0.3) is 20.3 Å². The lowest BCUT2D eigenvalue weighted by molar-refractivity contribution is 0.0989. The Balaban J connectivity index is 0.00000240. The van der Waals surface area contributed by atoms with Crippen LogP contribution in [-0.4, -0.2) is 43.0 Å². The number of likely N-dealkylation sites (N-methyl/N-ethyl adjacent to an activating group) is 1. The number of nitrogens with zero attached hydrogens (tertiary/aromatic N) is 3. The molecule has 0 atom stereocenters. The number of carbonyl (C=O) groups is 1. The third kappa shape index (κ3) is 4.39. The fraction of sp³-hybridized carbons (Fsp3) is 0.200. The summed E-state index contributed by atoms with van der Waals surface area (Å²) in [6.45, 7) is 1.12. The van der Waals surface area contributed by atoms with Crippen LogP contribution in [0.4, 0.5) is 9.52 Å². The summed E-state index contributed by atoms with van der Waals surface area (Å²) >= 11 is 9.21. The Labute approximate surface area is 186 Å². The SMILES string of the molecule is CN(C)CCN(C(=O)c1sc2ccccc2c1Cl)c1nc2ccc(F)cc2s1.Cl. The molecule has 4 aromatic rings. The van der Waals surface area contributed by atoms with E-state index >= 15 is 0 Å². The first-order valence-corrected chi connectivity index (χ1v) is 10.6. The maximum atomic E-state index is 13.6. The van der Waals surface area contributed by atoms with Crippen LogP contribution in [0.1, 0.15) is 9.67 Å². The van der Waals surface area contributed by atoms with Crippen molar-refractivity contribution in [3.63, 3.8) is 0 Å². The zero-order valence-electron chi connectivity index (χ0n) is 15.7. The molecule has 0 aliphatic heterocycles. The van der Waals surface area contributed by atoms with Crippen LogP contribution in [0.15, 0.2) is 42.5 Å². The topological polar surface area (TPSA) is 36.4 Å². The molecule has 0 aliphatic carbocycles. The third-order valence-corrected chi connectivity index (χ3v) is 7.02. The molecule has 2 aromatic heterocycles. The van der Waals surface area contributed by atoms with Crippen molar-refractivity contribution in [1.29, 1.82) is 0 Å². The summed E-state index contributed by atoms with van der Waals surface area (Å²) in [5.41, 5.74) is 0.673. The van der Waals surface area contributed by atoms with Crippen LogP contribution < -0.4 is 4.90 Å². The molecule has 0 radical (unpaired) electrons. The second kappa shape index (κ2) is 8.93. The summed E-state index contributed by atoms with van der Waals surface area (Å²) in [4.78, 5) is 22.1. The number of carbonyl (C=O) groups excluding carboxylic acids is 1. The average molecular weight is 470 g/mol. The summed E-state index contributed by atoms with van der Waals surface area (Å²) in [7, 11) is 3.89. The predicted molar refractivity (Wildman–Crippen MR) is 124 cm³/mol. The fourth-order valence-corrected chi connectivity index (χ4v) is 5.34. The van der Waals surface area contributed by atoms with E-state index in [1.165, 1.54) is 34.8 Å². The lowest BCUT2D eigenvalue weighted by atomic mass is 10.2. The van der Waals surface area contributed by atoms with Gasteiger partial charge >= 0.3 is 0 Å². The van der Waals surface area contributed by atoms with Gasteiger partial charge in [-0.15, -0.1) is 23.7 Å². The first-order chi connectivity index (χ1) is 13.4. The van der Waals surface area contributed by atoms with Gasteiger partial charge in [-0.05, 0) is 38.4 Å². The van der Waals surface area contributed by atoms with Crippen molar-refractivity contribution in [3.05, 3.63) is 58.2 Å². The summed E-state index contributed by atoms with van der Waals surface area (Å²) in [6.07, 6.45) is 0. The lowest BCUT2D eigenvalue weighted by Crippen LogP contribution is -2.36. The molecule has 0 saturated heterocycles. The monoisotopic (exact) mass is 469 g/mol. The quantitative estimate of drug-likeness (QED) is 0.363. The number of aromatic nitrogens is 1. The van der Waals surface area contributed by atoms with Gasteiger partial charge in [0, 0.05) is 23.2 Å². The van der Waals surface area contributed by atoms with Crippen LogP contribution in [0, 0.1) is 5.82 Å². The van der Waals surface area contributed by atoms with E-state index in [1.54, 1.807) is 11.0 Å². The molecule has 0 unspecified atom stereocenters. The Bertz CT molecular complexity index is 1180. The van der Waals surface area contributed by atoms with E-state index in [2.05, 4.69) is 4.98 Å². The van der Waals surface area contributed by atoms with Crippen LogP contribution >= 0.6 is 46.7 Å². The summed E-state index contributed by atoms with van der Waals surface area (Å²) in [5.74, 6) is -0.506. The van der Waals surface area contributed by atoms with Crippen molar-refractivity contribution >= 4 is 78.0 Å². The summed E-state index contributed by atoms with van der Waals surface area (Å²) in [5, 5.41) is 1.88. The van der Waals surface area contributed by atoms with E-state index in [-0.39, 0.29) is 24.1 Å². The van der Waals surface area contributed by atoms with Gasteiger partial charge in [-0.25, -0.2) is 9.37 Å². The van der Waals surface area contributed by atoms with E-state index in [4.69, 9.17) is 11.6 Å². The third-order valence-electron chi connectivity index (χ3n) is 4.32. The van der Waals surface area contributed by atoms with Gasteiger partial charge in [0.15, 0.2) is 5.13 Å². The smallest absolute Gasteiger partial charge is 0.271 e. The Morgan fingerprint density at radius 1 is 1.10 bits per heavy atom. The molecule has 0 spiro atoms. The second-order valence-corrected chi connectivity index (χ2v) is 9.05. The lowest BCUT2D eigenvalue weighted by Gasteiger charge is -2.21. The Morgan fingerprint density at radius 3 is 2.59 bits per heavy atom. The molecule has 0 fully saturated rings. The van der Waals surface area contributed by atoms with Crippen molar-refractivity contribution in [2.24, 2.45) is 0 Å². The molecule has 2 aromatic carbocycles. The second-order valence-electron chi connectivity index (χ2n) is 6.61. The minimum Gasteiger partial charge on any atom is -0.308 e. The molecule has 2 heterocycles. The van der Waals surface area contributed by atoms with Gasteiger partial charge in [0.05, 0.1) is 15.2 Å². The maximum absolute atomic E-state index is 13.6. The fourth-order valence-electron chi connectivity index (χ4n) is 2.86. The molecule has 29 heavy (non-hydrogen) atoms. The first kappa shape index (κ1) is 21.9. The van der Waals surface area contributed by atoms with E-state index < -0.39 is 0 Å². The highest BCUT2D eigenvalue weighted by atomic mass is 35.5. The molecule has 0 saturated carbocycles. The van der Waals surface area contributed by atoms with Crippen molar-refractivity contribution in [3.8, 4) is 0 Å². The molecule has 4 nitrogen and oxygen atoms in total. The number of thiophene rings is 1.